The van der Waals surface area contributed by atoms with Gasteiger partial charge in [0.25, 0.3) is 0 Å². The lowest BCUT2D eigenvalue weighted by molar-refractivity contribution is 0.770. The minimum atomic E-state index is -0.595. The molecule has 3 aromatic carbocycles. The number of nitrogens with one attached hydrogen (secondary N) is 2. The summed E-state index contributed by atoms with van der Waals surface area (Å²) in [7, 11) is 0. The third kappa shape index (κ3) is 3.39. The molecule has 0 aliphatic carbocycles. The SMILES string of the molecule is O=c1[nH]c2c([nH]c3ccc(Br)cc32)c(=O)n1/N=C\c1cn(Cc2ccccc2)c2ccccc12. The van der Waals surface area contributed by atoms with Gasteiger partial charge in [0.2, 0.25) is 0 Å². The molecule has 0 bridgehead atoms. The van der Waals surface area contributed by atoms with Crippen LogP contribution in [0.25, 0.3) is 32.8 Å². The zero-order valence-corrected chi connectivity index (χ0v) is 19.4. The van der Waals surface area contributed by atoms with Crippen LogP contribution in [0, 0.1) is 0 Å². The molecule has 7 nitrogen and oxygen atoms in total. The first-order valence-electron chi connectivity index (χ1n) is 10.7. The van der Waals surface area contributed by atoms with Gasteiger partial charge in [0.1, 0.15) is 5.52 Å². The van der Waals surface area contributed by atoms with Gasteiger partial charge in [-0.05, 0) is 29.8 Å². The van der Waals surface area contributed by atoms with E-state index in [2.05, 4.69) is 47.7 Å². The number of hydrogen-bond acceptors (Lipinski definition) is 3. The lowest BCUT2D eigenvalue weighted by atomic mass is 10.2. The fourth-order valence-electron chi connectivity index (χ4n) is 4.33. The Morgan fingerprint density at radius 3 is 2.53 bits per heavy atom. The van der Waals surface area contributed by atoms with Crippen molar-refractivity contribution in [3.63, 3.8) is 0 Å². The van der Waals surface area contributed by atoms with Crippen LogP contribution in [-0.4, -0.2) is 25.4 Å². The largest absolute Gasteiger partial charge is 0.350 e. The van der Waals surface area contributed by atoms with E-state index >= 15 is 0 Å². The monoisotopic (exact) mass is 511 g/mol. The van der Waals surface area contributed by atoms with Crippen LogP contribution in [0.4, 0.5) is 0 Å². The maximum absolute atomic E-state index is 13.1. The molecule has 8 heteroatoms. The third-order valence-electron chi connectivity index (χ3n) is 5.92. The Morgan fingerprint density at radius 2 is 1.68 bits per heavy atom. The van der Waals surface area contributed by atoms with Crippen LogP contribution in [-0.2, 0) is 6.54 Å². The Morgan fingerprint density at radius 1 is 0.882 bits per heavy atom. The Labute approximate surface area is 201 Å². The number of H-pyrrole nitrogens is 2. The summed E-state index contributed by atoms with van der Waals surface area (Å²) in [6.45, 7) is 0.701. The molecule has 0 amide bonds. The van der Waals surface area contributed by atoms with E-state index in [-0.39, 0.29) is 0 Å². The molecule has 3 aromatic heterocycles. The number of hydrogen-bond donors (Lipinski definition) is 2. The van der Waals surface area contributed by atoms with Gasteiger partial charge < -0.3 is 14.5 Å². The Bertz CT molecular complexity index is 1840. The van der Waals surface area contributed by atoms with Crippen LogP contribution in [0.1, 0.15) is 11.1 Å². The van der Waals surface area contributed by atoms with Crippen molar-refractivity contribution in [2.24, 2.45) is 5.10 Å². The molecule has 0 saturated carbocycles. The van der Waals surface area contributed by atoms with Crippen molar-refractivity contribution in [2.75, 3.05) is 0 Å². The van der Waals surface area contributed by atoms with Crippen LogP contribution < -0.4 is 11.2 Å². The summed E-state index contributed by atoms with van der Waals surface area (Å²) in [6, 6.07) is 23.8. The maximum atomic E-state index is 13.1. The third-order valence-corrected chi connectivity index (χ3v) is 6.41. The van der Waals surface area contributed by atoms with Gasteiger partial charge in [-0.3, -0.25) is 4.79 Å². The van der Waals surface area contributed by atoms with E-state index in [0.29, 0.717) is 17.6 Å². The zero-order chi connectivity index (χ0) is 23.2. The predicted octanol–water partition coefficient (Wildman–Crippen LogP) is 4.82. The molecule has 3 heterocycles. The molecule has 2 N–H and O–H groups in total. The predicted molar refractivity (Wildman–Crippen MR) is 139 cm³/mol. The number of benzene rings is 3. The highest BCUT2D eigenvalue weighted by molar-refractivity contribution is 9.10. The molecule has 0 unspecified atom stereocenters. The molecule has 0 aliphatic heterocycles. The van der Waals surface area contributed by atoms with Crippen molar-refractivity contribution in [2.45, 2.75) is 6.54 Å². The normalized spacial score (nSPS) is 11.9. The van der Waals surface area contributed by atoms with Gasteiger partial charge in [-0.2, -0.15) is 5.10 Å². The van der Waals surface area contributed by atoms with E-state index in [9.17, 15) is 9.59 Å². The van der Waals surface area contributed by atoms with Crippen molar-refractivity contribution in [3.05, 3.63) is 115 Å². The Hall–Kier alpha value is -4.17. The topological polar surface area (TPSA) is 87.9 Å². The van der Waals surface area contributed by atoms with Crippen LogP contribution in [0.15, 0.2) is 98.2 Å². The molecule has 166 valence electrons. The molecular formula is C26H18BrN5O2. The fourth-order valence-corrected chi connectivity index (χ4v) is 4.69. The van der Waals surface area contributed by atoms with E-state index in [1.54, 1.807) is 6.21 Å². The van der Waals surface area contributed by atoms with Crippen molar-refractivity contribution < 1.29 is 0 Å². The first kappa shape index (κ1) is 20.4. The molecule has 0 spiro atoms. The second kappa shape index (κ2) is 8.00. The number of nitrogens with zero attached hydrogens (tertiary/aromatic N) is 3. The summed E-state index contributed by atoms with van der Waals surface area (Å²) in [5, 5.41) is 6.03. The number of para-hydroxylation sites is 1. The van der Waals surface area contributed by atoms with E-state index in [0.717, 1.165) is 36.5 Å². The number of halogens is 1. The molecule has 0 saturated heterocycles. The number of aromatic amines is 2. The molecule has 0 atom stereocenters. The van der Waals surface area contributed by atoms with Crippen LogP contribution in [0.2, 0.25) is 0 Å². The zero-order valence-electron chi connectivity index (χ0n) is 17.8. The Kier molecular flexibility index (Phi) is 4.81. The summed E-state index contributed by atoms with van der Waals surface area (Å²) < 4.78 is 3.85. The number of fused-ring (bicyclic) bond motifs is 4. The van der Waals surface area contributed by atoms with E-state index in [1.807, 2.05) is 66.9 Å². The number of aromatic nitrogens is 4. The minimum Gasteiger partial charge on any atom is -0.349 e. The van der Waals surface area contributed by atoms with Crippen LogP contribution in [0.3, 0.4) is 0 Å². The lowest BCUT2D eigenvalue weighted by Crippen LogP contribution is -2.32. The lowest BCUT2D eigenvalue weighted by Gasteiger charge is -2.05. The van der Waals surface area contributed by atoms with Crippen molar-refractivity contribution in [1.29, 1.82) is 0 Å². The van der Waals surface area contributed by atoms with Gasteiger partial charge >= 0.3 is 11.2 Å². The van der Waals surface area contributed by atoms with Crippen molar-refractivity contribution >= 4 is 55.0 Å². The number of rotatable bonds is 4. The summed E-state index contributed by atoms with van der Waals surface area (Å²) >= 11 is 3.43. The van der Waals surface area contributed by atoms with E-state index < -0.39 is 11.2 Å². The van der Waals surface area contributed by atoms with Gasteiger partial charge in [-0.25, -0.2) is 4.79 Å². The second-order valence-corrected chi connectivity index (χ2v) is 8.99. The van der Waals surface area contributed by atoms with Gasteiger partial charge in [0.05, 0.1) is 11.7 Å². The van der Waals surface area contributed by atoms with Gasteiger partial charge in [-0.15, -0.1) is 4.68 Å². The highest BCUT2D eigenvalue weighted by Gasteiger charge is 2.13. The molecular weight excluding hydrogens is 494 g/mol. The van der Waals surface area contributed by atoms with E-state index in [1.165, 1.54) is 5.56 Å². The summed E-state index contributed by atoms with van der Waals surface area (Å²) in [6.07, 6.45) is 3.55. The quantitative estimate of drug-likeness (QED) is 0.332. The first-order chi connectivity index (χ1) is 16.6. The van der Waals surface area contributed by atoms with Crippen molar-refractivity contribution in [1.82, 2.24) is 19.2 Å². The van der Waals surface area contributed by atoms with Crippen LogP contribution >= 0.6 is 15.9 Å². The van der Waals surface area contributed by atoms with Gasteiger partial charge in [-0.1, -0.05) is 64.5 Å². The molecule has 34 heavy (non-hydrogen) atoms. The average Bonchev–Trinajstić information content (AvgIpc) is 3.38. The second-order valence-electron chi connectivity index (χ2n) is 8.07. The molecule has 0 fully saturated rings. The van der Waals surface area contributed by atoms with E-state index in [4.69, 9.17) is 0 Å². The first-order valence-corrected chi connectivity index (χ1v) is 11.5. The average molecular weight is 512 g/mol. The molecule has 6 aromatic rings. The van der Waals surface area contributed by atoms with Crippen LogP contribution in [0.5, 0.6) is 0 Å². The van der Waals surface area contributed by atoms with Gasteiger partial charge in [0, 0.05) is 44.6 Å². The van der Waals surface area contributed by atoms with Gasteiger partial charge in [0.15, 0.2) is 0 Å². The highest BCUT2D eigenvalue weighted by Crippen LogP contribution is 2.24. The highest BCUT2D eigenvalue weighted by atomic mass is 79.9. The fraction of sp³-hybridized carbons (Fsp3) is 0.0385. The maximum Gasteiger partial charge on any atom is 0.350 e. The Balaban J connectivity index is 1.46. The molecule has 0 radical (unpaired) electrons. The molecule has 6 rings (SSSR count). The van der Waals surface area contributed by atoms with Crippen molar-refractivity contribution in [3.8, 4) is 0 Å². The smallest absolute Gasteiger partial charge is 0.349 e. The summed E-state index contributed by atoms with van der Waals surface area (Å²) in [4.78, 5) is 31.8. The summed E-state index contributed by atoms with van der Waals surface area (Å²) in [5.41, 5.74) is 3.47. The standard InChI is InChI=1S/C26H18BrN5O2/c27-18-10-11-21-20(12-18)23-24(29-21)25(33)32(26(34)30-23)28-13-17-15-31(14-16-6-2-1-3-7-16)22-9-5-4-8-19(17)22/h1-13,15,29H,14H2,(H,30,34)/b28-13-. The molecule has 0 aliphatic rings. The minimum absolute atomic E-state index is 0.302. The summed E-state index contributed by atoms with van der Waals surface area (Å²) in [5.74, 6) is 0.